The average molecular weight is 411 g/mol. The van der Waals surface area contributed by atoms with Gasteiger partial charge in [-0.2, -0.15) is 0 Å². The summed E-state index contributed by atoms with van der Waals surface area (Å²) in [5.74, 6) is 0.434. The van der Waals surface area contributed by atoms with Crippen LogP contribution in [0, 0.1) is 0 Å². The van der Waals surface area contributed by atoms with Crippen molar-refractivity contribution in [3.63, 3.8) is 0 Å². The predicted octanol–water partition coefficient (Wildman–Crippen LogP) is -2.30. The maximum Gasteiger partial charge on any atom is 0.169 e. The first kappa shape index (κ1) is 16.7. The van der Waals surface area contributed by atoms with Crippen LogP contribution in [0.15, 0.2) is 0 Å². The predicted molar refractivity (Wildman–Crippen MR) is 97.3 cm³/mol. The van der Waals surface area contributed by atoms with E-state index in [9.17, 15) is 16.8 Å². The molecule has 134 valence electrons. The van der Waals surface area contributed by atoms with Crippen molar-refractivity contribution < 1.29 is 16.8 Å². The molecule has 0 spiro atoms. The average Bonchev–Trinajstić information content (AvgIpc) is 3.05. The number of rotatable bonds is 3. The SMILES string of the molecule is O=S1(=O)C[C@@H]2NC(=S)N(CCN3C(=S)N[C@@H]4CS(=O)(=O)C[C@@H]43)[C@@H]2C1. The van der Waals surface area contributed by atoms with Crippen LogP contribution in [0.2, 0.25) is 0 Å². The highest BCUT2D eigenvalue weighted by Crippen LogP contribution is 2.26. The van der Waals surface area contributed by atoms with Crippen molar-refractivity contribution in [3.05, 3.63) is 0 Å². The fraction of sp³-hybridized carbons (Fsp3) is 0.833. The Morgan fingerprint density at radius 1 is 0.792 bits per heavy atom. The van der Waals surface area contributed by atoms with Crippen molar-refractivity contribution in [2.75, 3.05) is 36.1 Å². The van der Waals surface area contributed by atoms with Gasteiger partial charge in [-0.15, -0.1) is 0 Å². The van der Waals surface area contributed by atoms with Gasteiger partial charge in [0, 0.05) is 13.1 Å². The number of nitrogens with one attached hydrogen (secondary N) is 2. The van der Waals surface area contributed by atoms with E-state index >= 15 is 0 Å². The van der Waals surface area contributed by atoms with Crippen molar-refractivity contribution in [2.24, 2.45) is 0 Å². The Morgan fingerprint density at radius 2 is 1.17 bits per heavy atom. The van der Waals surface area contributed by atoms with Crippen molar-refractivity contribution in [1.29, 1.82) is 0 Å². The zero-order chi connectivity index (χ0) is 17.3. The second-order valence-corrected chi connectivity index (χ2v) is 11.9. The molecule has 0 aromatic heterocycles. The highest BCUT2D eigenvalue weighted by atomic mass is 32.2. The summed E-state index contributed by atoms with van der Waals surface area (Å²) in [4.78, 5) is 3.81. The van der Waals surface area contributed by atoms with E-state index in [1.54, 1.807) is 0 Å². The van der Waals surface area contributed by atoms with E-state index in [4.69, 9.17) is 24.4 Å². The monoisotopic (exact) mass is 410 g/mol. The summed E-state index contributed by atoms with van der Waals surface area (Å²) in [5, 5.41) is 7.29. The number of sulfone groups is 2. The van der Waals surface area contributed by atoms with E-state index in [0.29, 0.717) is 23.3 Å². The van der Waals surface area contributed by atoms with E-state index < -0.39 is 19.7 Å². The molecule has 4 fully saturated rings. The Morgan fingerprint density at radius 3 is 1.54 bits per heavy atom. The molecule has 0 amide bonds. The minimum Gasteiger partial charge on any atom is -0.357 e. The number of fused-ring (bicyclic) bond motifs is 2. The van der Waals surface area contributed by atoms with Gasteiger partial charge in [0.1, 0.15) is 0 Å². The summed E-state index contributed by atoms with van der Waals surface area (Å²) >= 11 is 10.7. The molecule has 0 aliphatic carbocycles. The lowest BCUT2D eigenvalue weighted by molar-refractivity contribution is 0.286. The molecule has 0 bridgehead atoms. The molecule has 4 atom stereocenters. The minimum absolute atomic E-state index is 0.105. The van der Waals surface area contributed by atoms with E-state index in [0.717, 1.165) is 0 Å². The first-order chi connectivity index (χ1) is 11.2. The Bertz CT molecular complexity index is 743. The summed E-state index contributed by atoms with van der Waals surface area (Å²) in [6.07, 6.45) is 0. The summed E-state index contributed by atoms with van der Waals surface area (Å²) in [7, 11) is -6.07. The van der Waals surface area contributed by atoms with Crippen LogP contribution < -0.4 is 10.6 Å². The molecule has 8 nitrogen and oxygen atoms in total. The van der Waals surface area contributed by atoms with Crippen molar-refractivity contribution >= 4 is 54.3 Å². The van der Waals surface area contributed by atoms with Gasteiger partial charge in [-0.3, -0.25) is 0 Å². The van der Waals surface area contributed by atoms with Gasteiger partial charge >= 0.3 is 0 Å². The van der Waals surface area contributed by atoms with Gasteiger partial charge in [0.15, 0.2) is 29.9 Å². The fourth-order valence-corrected chi connectivity index (χ4v) is 8.68. The molecule has 2 N–H and O–H groups in total. The zero-order valence-corrected chi connectivity index (χ0v) is 16.0. The molecule has 0 aromatic rings. The van der Waals surface area contributed by atoms with Crippen LogP contribution in [-0.2, 0) is 19.7 Å². The van der Waals surface area contributed by atoms with Crippen LogP contribution in [0.3, 0.4) is 0 Å². The third kappa shape index (κ3) is 2.76. The number of hydrogen-bond acceptors (Lipinski definition) is 6. The molecule has 0 unspecified atom stereocenters. The van der Waals surface area contributed by atoms with Gasteiger partial charge < -0.3 is 20.4 Å². The maximum absolute atomic E-state index is 11.8. The normalized spacial score (nSPS) is 38.8. The Balaban J connectivity index is 1.45. The summed E-state index contributed by atoms with van der Waals surface area (Å²) < 4.78 is 47.2. The molecule has 12 heteroatoms. The van der Waals surface area contributed by atoms with Crippen LogP contribution in [0.25, 0.3) is 0 Å². The van der Waals surface area contributed by atoms with E-state index in [-0.39, 0.29) is 47.2 Å². The molecule has 0 saturated carbocycles. The maximum atomic E-state index is 11.8. The van der Waals surface area contributed by atoms with E-state index in [1.165, 1.54) is 0 Å². The van der Waals surface area contributed by atoms with Crippen molar-refractivity contribution in [1.82, 2.24) is 20.4 Å². The van der Waals surface area contributed by atoms with E-state index in [2.05, 4.69) is 10.6 Å². The van der Waals surface area contributed by atoms with Gasteiger partial charge in [-0.25, -0.2) is 16.8 Å². The van der Waals surface area contributed by atoms with Crippen LogP contribution in [0.1, 0.15) is 0 Å². The van der Waals surface area contributed by atoms with Crippen molar-refractivity contribution in [3.8, 4) is 0 Å². The van der Waals surface area contributed by atoms with Crippen LogP contribution in [-0.4, -0.2) is 97.1 Å². The van der Waals surface area contributed by atoms with Gasteiger partial charge in [0.2, 0.25) is 0 Å². The van der Waals surface area contributed by atoms with Crippen molar-refractivity contribution in [2.45, 2.75) is 24.2 Å². The smallest absolute Gasteiger partial charge is 0.169 e. The number of thiocarbonyl (C=S) groups is 2. The largest absolute Gasteiger partial charge is 0.357 e. The van der Waals surface area contributed by atoms with Gasteiger partial charge in [0.05, 0.1) is 47.2 Å². The van der Waals surface area contributed by atoms with E-state index in [1.807, 2.05) is 9.80 Å². The number of hydrogen-bond donors (Lipinski definition) is 2. The Hall–Kier alpha value is -0.720. The van der Waals surface area contributed by atoms with Crippen LogP contribution >= 0.6 is 24.4 Å². The van der Waals surface area contributed by atoms with Gasteiger partial charge in [0.25, 0.3) is 0 Å². The molecule has 4 saturated heterocycles. The Labute approximate surface area is 151 Å². The van der Waals surface area contributed by atoms with Crippen LogP contribution in [0.5, 0.6) is 0 Å². The lowest BCUT2D eigenvalue weighted by Crippen LogP contribution is -2.45. The minimum atomic E-state index is -3.03. The molecule has 4 aliphatic rings. The highest BCUT2D eigenvalue weighted by Gasteiger charge is 2.49. The summed E-state index contributed by atoms with van der Waals surface area (Å²) in [6.45, 7) is 1.04. The standard InChI is InChI=1S/C12H18N4O4S4/c17-23(18)3-7-9(5-23)15(11(21)13-7)1-2-16-10-6-24(19,20)4-8(10)14-12(16)22/h7-10H,1-6H2,(H,13,21)(H,14,22)/t7-,8+,9+,10-. The second-order valence-electron chi connectivity index (χ2n) is 6.79. The lowest BCUT2D eigenvalue weighted by atomic mass is 10.2. The molecule has 24 heavy (non-hydrogen) atoms. The molecule has 4 heterocycles. The highest BCUT2D eigenvalue weighted by molar-refractivity contribution is 7.92. The molecule has 0 radical (unpaired) electrons. The van der Waals surface area contributed by atoms with Crippen LogP contribution in [0.4, 0.5) is 0 Å². The molecule has 0 aromatic carbocycles. The quantitative estimate of drug-likeness (QED) is 0.494. The first-order valence-electron chi connectivity index (χ1n) is 7.70. The van der Waals surface area contributed by atoms with Gasteiger partial charge in [-0.1, -0.05) is 0 Å². The lowest BCUT2D eigenvalue weighted by Gasteiger charge is -2.29. The molecular formula is C12H18N4O4S4. The van der Waals surface area contributed by atoms with Gasteiger partial charge in [-0.05, 0) is 24.4 Å². The Kier molecular flexibility index (Phi) is 3.76. The molecule has 4 rings (SSSR count). The third-order valence-electron chi connectivity index (χ3n) is 5.17. The second kappa shape index (κ2) is 5.39. The third-order valence-corrected chi connectivity index (χ3v) is 9.30. The first-order valence-corrected chi connectivity index (χ1v) is 12.2. The zero-order valence-electron chi connectivity index (χ0n) is 12.7. The number of nitrogens with zero attached hydrogens (tertiary/aromatic N) is 2. The molecule has 4 aliphatic heterocycles. The topological polar surface area (TPSA) is 98.8 Å². The summed E-state index contributed by atoms with van der Waals surface area (Å²) in [5.41, 5.74) is 0. The summed E-state index contributed by atoms with van der Waals surface area (Å²) in [6, 6.07) is -0.582. The fourth-order valence-electron chi connectivity index (χ4n) is 4.08. The molecular weight excluding hydrogens is 392 g/mol.